The van der Waals surface area contributed by atoms with Gasteiger partial charge in [-0.15, -0.1) is 0 Å². The number of rotatable bonds is 4. The summed E-state index contributed by atoms with van der Waals surface area (Å²) in [6.45, 7) is 6.13. The highest BCUT2D eigenvalue weighted by Crippen LogP contribution is 2.34. The molecule has 156 valence electrons. The van der Waals surface area contributed by atoms with Crippen LogP contribution in [0.25, 0.3) is 33.3 Å². The van der Waals surface area contributed by atoms with Gasteiger partial charge in [0.15, 0.2) is 0 Å². The average molecular weight is 412 g/mol. The van der Waals surface area contributed by atoms with E-state index in [1.165, 1.54) is 5.56 Å². The van der Waals surface area contributed by atoms with E-state index in [4.69, 9.17) is 4.98 Å². The van der Waals surface area contributed by atoms with Crippen molar-refractivity contribution in [1.82, 2.24) is 24.3 Å². The number of aromatic nitrogens is 5. The van der Waals surface area contributed by atoms with E-state index in [9.17, 15) is 4.79 Å². The van der Waals surface area contributed by atoms with Gasteiger partial charge < -0.3 is 9.55 Å². The fourth-order valence-corrected chi connectivity index (χ4v) is 4.38. The molecule has 0 aliphatic rings. The summed E-state index contributed by atoms with van der Waals surface area (Å²) in [6, 6.07) is 16.7. The third-order valence-corrected chi connectivity index (χ3v) is 6.09. The van der Waals surface area contributed by atoms with E-state index < -0.39 is 0 Å². The second kappa shape index (κ2) is 7.23. The van der Waals surface area contributed by atoms with Crippen LogP contribution in [0.2, 0.25) is 0 Å². The highest BCUT2D eigenvalue weighted by atomic mass is 16.1. The van der Waals surface area contributed by atoms with Crippen molar-refractivity contribution in [3.05, 3.63) is 81.9 Å². The molecule has 0 radical (unpaired) electrons. The van der Waals surface area contributed by atoms with Gasteiger partial charge in [-0.2, -0.15) is 5.10 Å². The normalized spacial score (nSPS) is 12.6. The van der Waals surface area contributed by atoms with Crippen LogP contribution in [0.1, 0.15) is 36.7 Å². The minimum atomic E-state index is -0.0769. The molecule has 3 aromatic heterocycles. The SMILES string of the molecule is CCc1nn(C)c2cc3c(cc12)nc(-c1c[nH]c(=O)c(C)c1)n3[C@@H](C)c1ccccc1. The molecule has 0 spiro atoms. The van der Waals surface area contributed by atoms with Gasteiger partial charge in [0.25, 0.3) is 5.56 Å². The molecule has 1 atom stereocenters. The van der Waals surface area contributed by atoms with Crippen LogP contribution in [0.5, 0.6) is 0 Å². The monoisotopic (exact) mass is 411 g/mol. The molecule has 0 fully saturated rings. The van der Waals surface area contributed by atoms with Crippen LogP contribution in [0.3, 0.4) is 0 Å². The Kier molecular flexibility index (Phi) is 4.50. The zero-order chi connectivity index (χ0) is 21.7. The van der Waals surface area contributed by atoms with Crippen molar-refractivity contribution >= 4 is 21.9 Å². The van der Waals surface area contributed by atoms with Gasteiger partial charge >= 0.3 is 0 Å². The van der Waals surface area contributed by atoms with E-state index >= 15 is 0 Å². The van der Waals surface area contributed by atoms with E-state index in [0.29, 0.717) is 5.56 Å². The van der Waals surface area contributed by atoms with Crippen molar-refractivity contribution in [1.29, 1.82) is 0 Å². The Morgan fingerprint density at radius 1 is 1.10 bits per heavy atom. The van der Waals surface area contributed by atoms with Crippen molar-refractivity contribution in [2.75, 3.05) is 0 Å². The lowest BCUT2D eigenvalue weighted by molar-refractivity contribution is 0.665. The van der Waals surface area contributed by atoms with Gasteiger partial charge in [-0.25, -0.2) is 4.98 Å². The predicted octanol–water partition coefficient (Wildman–Crippen LogP) is 4.76. The summed E-state index contributed by atoms with van der Waals surface area (Å²) in [4.78, 5) is 19.8. The molecule has 6 nitrogen and oxygen atoms in total. The van der Waals surface area contributed by atoms with Gasteiger partial charge in [0, 0.05) is 29.8 Å². The summed E-state index contributed by atoms with van der Waals surface area (Å²) in [6.07, 6.45) is 2.62. The molecular weight excluding hydrogens is 386 g/mol. The molecule has 3 heterocycles. The van der Waals surface area contributed by atoms with Crippen molar-refractivity contribution in [2.24, 2.45) is 7.05 Å². The number of hydrogen-bond donors (Lipinski definition) is 1. The van der Waals surface area contributed by atoms with E-state index in [0.717, 1.165) is 45.4 Å². The van der Waals surface area contributed by atoms with Crippen LogP contribution in [0.15, 0.2) is 59.5 Å². The molecule has 6 heteroatoms. The number of nitrogens with one attached hydrogen (secondary N) is 1. The fraction of sp³-hybridized carbons (Fsp3) is 0.240. The molecule has 5 aromatic rings. The van der Waals surface area contributed by atoms with Crippen LogP contribution in [-0.2, 0) is 13.5 Å². The number of aryl methyl sites for hydroxylation is 3. The molecule has 31 heavy (non-hydrogen) atoms. The highest BCUT2D eigenvalue weighted by Gasteiger charge is 2.21. The number of imidazole rings is 1. The molecule has 0 unspecified atom stereocenters. The van der Waals surface area contributed by atoms with E-state index in [2.05, 4.69) is 64.9 Å². The first-order valence-electron chi connectivity index (χ1n) is 10.6. The fourth-order valence-electron chi connectivity index (χ4n) is 4.38. The van der Waals surface area contributed by atoms with Crippen molar-refractivity contribution in [3.8, 4) is 11.4 Å². The number of fused-ring (bicyclic) bond motifs is 2. The molecule has 5 rings (SSSR count). The lowest BCUT2D eigenvalue weighted by Gasteiger charge is -2.18. The number of benzene rings is 2. The third kappa shape index (κ3) is 3.06. The van der Waals surface area contributed by atoms with Crippen LogP contribution in [0.4, 0.5) is 0 Å². The van der Waals surface area contributed by atoms with E-state index in [1.54, 1.807) is 6.20 Å². The van der Waals surface area contributed by atoms with Gasteiger partial charge in [-0.3, -0.25) is 9.48 Å². The van der Waals surface area contributed by atoms with Gasteiger partial charge in [0.1, 0.15) is 5.82 Å². The molecule has 0 amide bonds. The largest absolute Gasteiger partial charge is 0.328 e. The maximum atomic E-state index is 12.0. The minimum absolute atomic E-state index is 0.0600. The number of H-pyrrole nitrogens is 1. The lowest BCUT2D eigenvalue weighted by Crippen LogP contribution is -2.11. The van der Waals surface area contributed by atoms with Crippen molar-refractivity contribution in [2.45, 2.75) is 33.2 Å². The van der Waals surface area contributed by atoms with Crippen LogP contribution in [0, 0.1) is 6.92 Å². The smallest absolute Gasteiger partial charge is 0.250 e. The quantitative estimate of drug-likeness (QED) is 0.464. The molecule has 0 aliphatic heterocycles. The first-order chi connectivity index (χ1) is 15.0. The molecule has 1 N–H and O–H groups in total. The Morgan fingerprint density at radius 2 is 1.87 bits per heavy atom. The molecule has 2 aromatic carbocycles. The Bertz CT molecular complexity index is 1470. The summed E-state index contributed by atoms with van der Waals surface area (Å²) in [5, 5.41) is 5.82. The third-order valence-electron chi connectivity index (χ3n) is 6.09. The summed E-state index contributed by atoms with van der Waals surface area (Å²) in [5.74, 6) is 0.840. The van der Waals surface area contributed by atoms with Gasteiger partial charge in [0.2, 0.25) is 0 Å². The molecular formula is C25H25N5O. The Labute approximate surface area is 180 Å². The summed E-state index contributed by atoms with van der Waals surface area (Å²) < 4.78 is 4.21. The van der Waals surface area contributed by atoms with E-state index in [1.807, 2.05) is 30.8 Å². The summed E-state index contributed by atoms with van der Waals surface area (Å²) in [7, 11) is 1.99. The first-order valence-corrected chi connectivity index (χ1v) is 10.6. The zero-order valence-corrected chi connectivity index (χ0v) is 18.2. The Morgan fingerprint density at radius 3 is 2.58 bits per heavy atom. The zero-order valence-electron chi connectivity index (χ0n) is 18.2. The van der Waals surface area contributed by atoms with Crippen LogP contribution in [-0.4, -0.2) is 24.3 Å². The topological polar surface area (TPSA) is 68.5 Å². The Balaban J connectivity index is 1.85. The summed E-state index contributed by atoms with van der Waals surface area (Å²) >= 11 is 0. The van der Waals surface area contributed by atoms with Crippen molar-refractivity contribution < 1.29 is 0 Å². The Hall–Kier alpha value is -3.67. The molecule has 0 bridgehead atoms. The standard InChI is InChI=1S/C25H25N5O/c1-5-20-19-12-21-23(13-22(19)29(4)28-20)30(16(3)17-9-7-6-8-10-17)24(27-21)18-11-15(2)25(31)26-14-18/h6-14,16H,5H2,1-4H3,(H,26,31)/t16-/m0/s1. The maximum absolute atomic E-state index is 12.0. The highest BCUT2D eigenvalue weighted by molar-refractivity contribution is 5.96. The minimum Gasteiger partial charge on any atom is -0.328 e. The number of pyridine rings is 1. The molecule has 0 saturated heterocycles. The number of nitrogens with zero attached hydrogens (tertiary/aromatic N) is 4. The second-order valence-corrected chi connectivity index (χ2v) is 8.07. The summed E-state index contributed by atoms with van der Waals surface area (Å²) in [5.41, 5.74) is 6.84. The second-order valence-electron chi connectivity index (χ2n) is 8.07. The van der Waals surface area contributed by atoms with Gasteiger partial charge in [-0.05, 0) is 44.0 Å². The maximum Gasteiger partial charge on any atom is 0.250 e. The molecule has 0 aliphatic carbocycles. The van der Waals surface area contributed by atoms with Crippen LogP contribution < -0.4 is 5.56 Å². The lowest BCUT2D eigenvalue weighted by atomic mass is 10.1. The first kappa shape index (κ1) is 19.3. The van der Waals surface area contributed by atoms with E-state index in [-0.39, 0.29) is 11.6 Å². The number of aromatic amines is 1. The van der Waals surface area contributed by atoms with Gasteiger partial charge in [0.05, 0.1) is 28.3 Å². The number of hydrogen-bond acceptors (Lipinski definition) is 3. The molecule has 0 saturated carbocycles. The van der Waals surface area contributed by atoms with Gasteiger partial charge in [-0.1, -0.05) is 37.3 Å². The van der Waals surface area contributed by atoms with Crippen molar-refractivity contribution in [3.63, 3.8) is 0 Å². The average Bonchev–Trinajstić information content (AvgIpc) is 3.31. The van der Waals surface area contributed by atoms with Crippen LogP contribution >= 0.6 is 0 Å². The predicted molar refractivity (Wildman–Crippen MR) is 124 cm³/mol.